The van der Waals surface area contributed by atoms with Crippen LogP contribution in [0.15, 0.2) is 34.9 Å². The zero-order chi connectivity index (χ0) is 17.6. The van der Waals surface area contributed by atoms with Crippen molar-refractivity contribution in [2.24, 2.45) is 5.92 Å². The standard InChI is InChI=1S/C20H27N3O2/c1-15-19(16(2)25-22-15)12-20(24)21-13-17-8-10-23(11-9-17)14-18-6-4-3-5-7-18/h3-7,17H,8-14H2,1-2H3,(H,21,24). The molecule has 1 aromatic carbocycles. The summed E-state index contributed by atoms with van der Waals surface area (Å²) in [5.41, 5.74) is 3.09. The van der Waals surface area contributed by atoms with Gasteiger partial charge in [-0.3, -0.25) is 9.69 Å². The molecule has 0 bridgehead atoms. The molecule has 1 aromatic heterocycles. The predicted molar refractivity (Wildman–Crippen MR) is 97.1 cm³/mol. The van der Waals surface area contributed by atoms with E-state index in [4.69, 9.17) is 4.52 Å². The number of likely N-dealkylation sites (tertiary alicyclic amines) is 1. The fourth-order valence-electron chi connectivity index (χ4n) is 3.43. The van der Waals surface area contributed by atoms with E-state index in [1.54, 1.807) is 0 Å². The van der Waals surface area contributed by atoms with Gasteiger partial charge in [0, 0.05) is 18.7 Å². The average Bonchev–Trinajstić information content (AvgIpc) is 2.94. The summed E-state index contributed by atoms with van der Waals surface area (Å²) in [6.07, 6.45) is 2.63. The molecular formula is C20H27N3O2. The van der Waals surface area contributed by atoms with Crippen LogP contribution in [-0.4, -0.2) is 35.6 Å². The Morgan fingerprint density at radius 1 is 1.24 bits per heavy atom. The first-order chi connectivity index (χ1) is 12.1. The smallest absolute Gasteiger partial charge is 0.224 e. The van der Waals surface area contributed by atoms with Crippen molar-refractivity contribution in [2.45, 2.75) is 39.7 Å². The Hall–Kier alpha value is -2.14. The lowest BCUT2D eigenvalue weighted by Gasteiger charge is -2.32. The molecule has 0 radical (unpaired) electrons. The Morgan fingerprint density at radius 2 is 1.96 bits per heavy atom. The van der Waals surface area contributed by atoms with Gasteiger partial charge in [0.2, 0.25) is 5.91 Å². The van der Waals surface area contributed by atoms with Gasteiger partial charge in [-0.1, -0.05) is 35.5 Å². The second-order valence-electron chi connectivity index (χ2n) is 6.99. The molecule has 0 atom stereocenters. The van der Waals surface area contributed by atoms with Crippen LogP contribution in [0.2, 0.25) is 0 Å². The van der Waals surface area contributed by atoms with E-state index in [0.717, 1.165) is 56.0 Å². The van der Waals surface area contributed by atoms with Crippen LogP contribution in [0.4, 0.5) is 0 Å². The van der Waals surface area contributed by atoms with Gasteiger partial charge in [-0.05, 0) is 51.3 Å². The van der Waals surface area contributed by atoms with E-state index < -0.39 is 0 Å². The molecule has 1 saturated heterocycles. The Bertz CT molecular complexity index is 669. The molecule has 2 heterocycles. The lowest BCUT2D eigenvalue weighted by atomic mass is 9.96. The number of benzene rings is 1. The maximum absolute atomic E-state index is 12.2. The van der Waals surface area contributed by atoms with Crippen molar-refractivity contribution in [1.29, 1.82) is 0 Å². The average molecular weight is 341 g/mol. The van der Waals surface area contributed by atoms with Crippen molar-refractivity contribution in [3.8, 4) is 0 Å². The third-order valence-corrected chi connectivity index (χ3v) is 5.06. The van der Waals surface area contributed by atoms with Crippen LogP contribution < -0.4 is 5.32 Å². The first-order valence-corrected chi connectivity index (χ1v) is 9.06. The van der Waals surface area contributed by atoms with E-state index >= 15 is 0 Å². The Morgan fingerprint density at radius 3 is 2.60 bits per heavy atom. The molecule has 1 fully saturated rings. The first-order valence-electron chi connectivity index (χ1n) is 9.06. The summed E-state index contributed by atoms with van der Waals surface area (Å²) in [5.74, 6) is 1.36. The third-order valence-electron chi connectivity index (χ3n) is 5.06. The number of amides is 1. The highest BCUT2D eigenvalue weighted by molar-refractivity contribution is 5.78. The maximum Gasteiger partial charge on any atom is 0.224 e. The molecule has 2 aromatic rings. The van der Waals surface area contributed by atoms with Crippen LogP contribution in [0.25, 0.3) is 0 Å². The highest BCUT2D eigenvalue weighted by Crippen LogP contribution is 2.19. The number of nitrogens with zero attached hydrogens (tertiary/aromatic N) is 2. The van der Waals surface area contributed by atoms with Crippen LogP contribution in [0.1, 0.15) is 35.4 Å². The zero-order valence-corrected chi connectivity index (χ0v) is 15.1. The van der Waals surface area contributed by atoms with Crippen molar-refractivity contribution in [3.63, 3.8) is 0 Å². The Balaban J connectivity index is 1.38. The van der Waals surface area contributed by atoms with E-state index in [9.17, 15) is 4.79 Å². The van der Waals surface area contributed by atoms with Gasteiger partial charge in [-0.25, -0.2) is 0 Å². The number of hydrogen-bond donors (Lipinski definition) is 1. The molecule has 5 heteroatoms. The number of rotatable bonds is 6. The van der Waals surface area contributed by atoms with Crippen molar-refractivity contribution in [2.75, 3.05) is 19.6 Å². The number of aryl methyl sites for hydroxylation is 2. The van der Waals surface area contributed by atoms with Gasteiger partial charge in [-0.15, -0.1) is 0 Å². The highest BCUT2D eigenvalue weighted by atomic mass is 16.5. The fourth-order valence-corrected chi connectivity index (χ4v) is 3.43. The summed E-state index contributed by atoms with van der Waals surface area (Å²) in [6.45, 7) is 7.71. The lowest BCUT2D eigenvalue weighted by Crippen LogP contribution is -2.38. The molecular weight excluding hydrogens is 314 g/mol. The van der Waals surface area contributed by atoms with Crippen molar-refractivity contribution in [1.82, 2.24) is 15.4 Å². The molecule has 0 saturated carbocycles. The summed E-state index contributed by atoms with van der Waals surface area (Å²) >= 11 is 0. The fraction of sp³-hybridized carbons (Fsp3) is 0.500. The molecule has 134 valence electrons. The summed E-state index contributed by atoms with van der Waals surface area (Å²) in [6, 6.07) is 10.6. The minimum Gasteiger partial charge on any atom is -0.361 e. The second kappa shape index (κ2) is 8.30. The van der Waals surface area contributed by atoms with Crippen LogP contribution in [0.3, 0.4) is 0 Å². The number of hydrogen-bond acceptors (Lipinski definition) is 4. The molecule has 3 rings (SSSR count). The molecule has 1 aliphatic rings. The Labute approximate surface area is 149 Å². The van der Waals surface area contributed by atoms with Gasteiger partial charge >= 0.3 is 0 Å². The quantitative estimate of drug-likeness (QED) is 0.878. The van der Waals surface area contributed by atoms with Crippen molar-refractivity contribution >= 4 is 5.91 Å². The third kappa shape index (κ3) is 4.92. The first kappa shape index (κ1) is 17.7. The molecule has 25 heavy (non-hydrogen) atoms. The zero-order valence-electron chi connectivity index (χ0n) is 15.1. The Kier molecular flexibility index (Phi) is 5.87. The SMILES string of the molecule is Cc1noc(C)c1CC(=O)NCC1CCN(Cc2ccccc2)CC1. The van der Waals surface area contributed by atoms with Crippen LogP contribution in [-0.2, 0) is 17.8 Å². The summed E-state index contributed by atoms with van der Waals surface area (Å²) in [4.78, 5) is 14.7. The number of aromatic nitrogens is 1. The maximum atomic E-state index is 12.2. The van der Waals surface area contributed by atoms with E-state index in [2.05, 4.69) is 45.7 Å². The van der Waals surface area contributed by atoms with Crippen LogP contribution in [0.5, 0.6) is 0 Å². The van der Waals surface area contributed by atoms with E-state index in [-0.39, 0.29) is 5.91 Å². The summed E-state index contributed by atoms with van der Waals surface area (Å²) in [5, 5.41) is 6.98. The van der Waals surface area contributed by atoms with Gasteiger partial charge in [-0.2, -0.15) is 0 Å². The van der Waals surface area contributed by atoms with Crippen LogP contribution >= 0.6 is 0 Å². The number of nitrogens with one attached hydrogen (secondary N) is 1. The topological polar surface area (TPSA) is 58.4 Å². The van der Waals surface area contributed by atoms with Crippen molar-refractivity contribution in [3.05, 3.63) is 52.9 Å². The monoisotopic (exact) mass is 341 g/mol. The summed E-state index contributed by atoms with van der Waals surface area (Å²) < 4.78 is 5.12. The predicted octanol–water partition coefficient (Wildman–Crippen LogP) is 2.86. The summed E-state index contributed by atoms with van der Waals surface area (Å²) in [7, 11) is 0. The van der Waals surface area contributed by atoms with Gasteiger partial charge in [0.25, 0.3) is 0 Å². The highest BCUT2D eigenvalue weighted by Gasteiger charge is 2.20. The second-order valence-corrected chi connectivity index (χ2v) is 6.99. The molecule has 5 nitrogen and oxygen atoms in total. The lowest BCUT2D eigenvalue weighted by molar-refractivity contribution is -0.120. The van der Waals surface area contributed by atoms with Gasteiger partial charge < -0.3 is 9.84 Å². The molecule has 1 amide bonds. The van der Waals surface area contributed by atoms with E-state index in [0.29, 0.717) is 12.3 Å². The molecule has 0 aliphatic carbocycles. The molecule has 0 unspecified atom stereocenters. The van der Waals surface area contributed by atoms with Gasteiger partial charge in [0.15, 0.2) is 0 Å². The minimum atomic E-state index is 0.0566. The number of carbonyl (C=O) groups excluding carboxylic acids is 1. The number of piperidine rings is 1. The van der Waals surface area contributed by atoms with Crippen molar-refractivity contribution < 1.29 is 9.32 Å². The normalized spacial score (nSPS) is 16.1. The molecule has 1 aliphatic heterocycles. The molecule has 1 N–H and O–H groups in total. The number of carbonyl (C=O) groups is 1. The van der Waals surface area contributed by atoms with Gasteiger partial charge in [0.05, 0.1) is 12.1 Å². The molecule has 0 spiro atoms. The van der Waals surface area contributed by atoms with E-state index in [1.165, 1.54) is 5.56 Å². The minimum absolute atomic E-state index is 0.0566. The van der Waals surface area contributed by atoms with E-state index in [1.807, 2.05) is 13.8 Å². The van der Waals surface area contributed by atoms with Gasteiger partial charge in [0.1, 0.15) is 5.76 Å². The van der Waals surface area contributed by atoms with Crippen LogP contribution in [0, 0.1) is 19.8 Å². The largest absolute Gasteiger partial charge is 0.361 e.